The van der Waals surface area contributed by atoms with Crippen LogP contribution in [0.25, 0.3) is 0 Å². The zero-order valence-corrected chi connectivity index (χ0v) is 9.14. The summed E-state index contributed by atoms with van der Waals surface area (Å²) >= 11 is 0. The Kier molecular flexibility index (Phi) is 2.33. The van der Waals surface area contributed by atoms with E-state index >= 15 is 0 Å². The molecule has 1 aliphatic rings. The van der Waals surface area contributed by atoms with E-state index in [2.05, 4.69) is 10.6 Å². The molecule has 2 aromatic rings. The lowest BCUT2D eigenvalue weighted by atomic mass is 10.0. The van der Waals surface area contributed by atoms with E-state index < -0.39 is 0 Å². The van der Waals surface area contributed by atoms with E-state index in [-0.39, 0.29) is 11.9 Å². The molecular weight excluding hydrogens is 216 g/mol. The van der Waals surface area contributed by atoms with Gasteiger partial charge in [0.25, 0.3) is 0 Å². The topological polar surface area (TPSA) is 54.3 Å². The molecule has 1 atom stereocenters. The van der Waals surface area contributed by atoms with Crippen molar-refractivity contribution in [2.75, 3.05) is 10.6 Å². The van der Waals surface area contributed by atoms with Crippen LogP contribution >= 0.6 is 0 Å². The zero-order valence-electron chi connectivity index (χ0n) is 9.14. The van der Waals surface area contributed by atoms with E-state index in [1.54, 1.807) is 6.26 Å². The van der Waals surface area contributed by atoms with Crippen LogP contribution in [0.3, 0.4) is 0 Å². The highest BCUT2D eigenvalue weighted by atomic mass is 16.3. The Morgan fingerprint density at radius 3 is 2.82 bits per heavy atom. The molecule has 2 N–H and O–H groups in total. The normalized spacial score (nSPS) is 18.1. The molecule has 2 heterocycles. The molecule has 0 fully saturated rings. The summed E-state index contributed by atoms with van der Waals surface area (Å²) in [4.78, 5) is 11.8. The average Bonchev–Trinajstić information content (AvgIpc) is 2.78. The molecular formula is C13H12N2O2. The first-order chi connectivity index (χ1) is 8.33. The van der Waals surface area contributed by atoms with E-state index in [4.69, 9.17) is 4.42 Å². The van der Waals surface area contributed by atoms with E-state index in [0.717, 1.165) is 11.3 Å². The van der Waals surface area contributed by atoms with Gasteiger partial charge in [-0.2, -0.15) is 0 Å². The molecule has 0 radical (unpaired) electrons. The fourth-order valence-corrected chi connectivity index (χ4v) is 1.97. The molecule has 0 saturated heterocycles. The van der Waals surface area contributed by atoms with Crippen LogP contribution in [0.4, 0.5) is 11.6 Å². The van der Waals surface area contributed by atoms with Crippen molar-refractivity contribution in [1.29, 1.82) is 0 Å². The van der Waals surface area contributed by atoms with Gasteiger partial charge >= 0.3 is 0 Å². The van der Waals surface area contributed by atoms with Gasteiger partial charge < -0.3 is 9.73 Å². The molecule has 86 valence electrons. The molecule has 3 rings (SSSR count). The Hall–Kier alpha value is -2.23. The number of rotatable bonds is 2. The lowest BCUT2D eigenvalue weighted by molar-refractivity contribution is -0.117. The maximum atomic E-state index is 11.8. The number of hydrogen-bond donors (Lipinski definition) is 2. The van der Waals surface area contributed by atoms with Crippen LogP contribution in [-0.4, -0.2) is 11.9 Å². The molecule has 1 aliphatic heterocycles. The third-order valence-electron chi connectivity index (χ3n) is 2.83. The second kappa shape index (κ2) is 3.97. The third kappa shape index (κ3) is 1.89. The molecule has 17 heavy (non-hydrogen) atoms. The van der Waals surface area contributed by atoms with Crippen molar-refractivity contribution < 1.29 is 9.21 Å². The fourth-order valence-electron chi connectivity index (χ4n) is 1.97. The highest BCUT2D eigenvalue weighted by molar-refractivity contribution is 6.01. The number of amides is 1. The molecule has 0 bridgehead atoms. The van der Waals surface area contributed by atoms with E-state index in [1.165, 1.54) is 0 Å². The summed E-state index contributed by atoms with van der Waals surface area (Å²) in [6, 6.07) is 11.5. The minimum atomic E-state index is -0.248. The van der Waals surface area contributed by atoms with Gasteiger partial charge in [-0.15, -0.1) is 0 Å². The summed E-state index contributed by atoms with van der Waals surface area (Å²) in [6.45, 7) is 0. The summed E-state index contributed by atoms with van der Waals surface area (Å²) in [5, 5.41) is 5.91. The summed E-state index contributed by atoms with van der Waals surface area (Å²) in [5.74, 6) is 0.440. The van der Waals surface area contributed by atoms with Crippen molar-refractivity contribution >= 4 is 17.5 Å². The Morgan fingerprint density at radius 1 is 1.18 bits per heavy atom. The van der Waals surface area contributed by atoms with Crippen molar-refractivity contribution in [3.05, 3.63) is 48.2 Å². The van der Waals surface area contributed by atoms with Crippen molar-refractivity contribution in [2.24, 2.45) is 0 Å². The standard InChI is InChI=1S/C13H12N2O2/c16-12-11(8-9-4-2-1-3-5-9)14-10-6-7-17-13(10)15-12/h1-7,11,14H,8H2,(H,15,16)/t11-/m0/s1. The monoisotopic (exact) mass is 228 g/mol. The fraction of sp³-hybridized carbons (Fsp3) is 0.154. The SMILES string of the molecule is O=C1Nc2occc2N[C@H]1Cc1ccccc1. The second-order valence-electron chi connectivity index (χ2n) is 4.04. The first kappa shape index (κ1) is 9.96. The van der Waals surface area contributed by atoms with Gasteiger partial charge in [0.1, 0.15) is 6.04 Å². The van der Waals surface area contributed by atoms with Gasteiger partial charge in [-0.05, 0) is 5.56 Å². The number of fused-ring (bicyclic) bond motifs is 1. The van der Waals surface area contributed by atoms with Crippen molar-refractivity contribution in [1.82, 2.24) is 0 Å². The quantitative estimate of drug-likeness (QED) is 0.828. The number of hydrogen-bond acceptors (Lipinski definition) is 3. The molecule has 1 aromatic carbocycles. The smallest absolute Gasteiger partial charge is 0.249 e. The molecule has 1 aromatic heterocycles. The summed E-state index contributed by atoms with van der Waals surface area (Å²) in [7, 11) is 0. The number of anilines is 2. The molecule has 0 spiro atoms. The van der Waals surface area contributed by atoms with Crippen LogP contribution in [-0.2, 0) is 11.2 Å². The molecule has 0 aliphatic carbocycles. The van der Waals surface area contributed by atoms with Crippen LogP contribution in [0.15, 0.2) is 47.1 Å². The maximum absolute atomic E-state index is 11.8. The van der Waals surface area contributed by atoms with Gasteiger partial charge in [-0.25, -0.2) is 0 Å². The lowest BCUT2D eigenvalue weighted by Gasteiger charge is -2.23. The van der Waals surface area contributed by atoms with Gasteiger partial charge in [-0.1, -0.05) is 30.3 Å². The highest BCUT2D eigenvalue weighted by Crippen LogP contribution is 2.28. The average molecular weight is 228 g/mol. The summed E-state index contributed by atoms with van der Waals surface area (Å²) in [5.41, 5.74) is 1.97. The number of carbonyl (C=O) groups is 1. The molecule has 1 amide bonds. The van der Waals surface area contributed by atoms with Gasteiger partial charge in [0.05, 0.1) is 12.0 Å². The van der Waals surface area contributed by atoms with Crippen LogP contribution in [0, 0.1) is 0 Å². The summed E-state index contributed by atoms with van der Waals surface area (Å²) in [6.07, 6.45) is 2.22. The van der Waals surface area contributed by atoms with Gasteiger partial charge in [0.15, 0.2) is 0 Å². The van der Waals surface area contributed by atoms with Crippen LogP contribution in [0.1, 0.15) is 5.56 Å². The minimum Gasteiger partial charge on any atom is -0.446 e. The lowest BCUT2D eigenvalue weighted by Crippen LogP contribution is -2.39. The largest absolute Gasteiger partial charge is 0.446 e. The third-order valence-corrected chi connectivity index (χ3v) is 2.83. The zero-order chi connectivity index (χ0) is 11.7. The predicted molar refractivity (Wildman–Crippen MR) is 64.9 cm³/mol. The number of nitrogens with one attached hydrogen (secondary N) is 2. The Balaban J connectivity index is 1.79. The maximum Gasteiger partial charge on any atom is 0.249 e. The van der Waals surface area contributed by atoms with Gasteiger partial charge in [0, 0.05) is 12.5 Å². The molecule has 0 unspecified atom stereocenters. The van der Waals surface area contributed by atoms with Gasteiger partial charge in [0.2, 0.25) is 11.8 Å². The molecule has 0 saturated carbocycles. The predicted octanol–water partition coefficient (Wildman–Crippen LogP) is 2.25. The number of carbonyl (C=O) groups excluding carboxylic acids is 1. The van der Waals surface area contributed by atoms with Crippen molar-refractivity contribution in [3.8, 4) is 0 Å². The first-order valence-electron chi connectivity index (χ1n) is 5.52. The molecule has 4 nitrogen and oxygen atoms in total. The summed E-state index contributed by atoms with van der Waals surface area (Å²) < 4.78 is 5.13. The van der Waals surface area contributed by atoms with Crippen molar-refractivity contribution in [3.63, 3.8) is 0 Å². The Labute approximate surface area is 98.6 Å². The minimum absolute atomic E-state index is 0.0590. The van der Waals surface area contributed by atoms with Crippen LogP contribution in [0.2, 0.25) is 0 Å². The number of furan rings is 1. The molecule has 4 heteroatoms. The van der Waals surface area contributed by atoms with Crippen molar-refractivity contribution in [2.45, 2.75) is 12.5 Å². The van der Waals surface area contributed by atoms with E-state index in [1.807, 2.05) is 36.4 Å². The Morgan fingerprint density at radius 2 is 2.00 bits per heavy atom. The first-order valence-corrected chi connectivity index (χ1v) is 5.52. The van der Waals surface area contributed by atoms with E-state index in [9.17, 15) is 4.79 Å². The number of benzene rings is 1. The van der Waals surface area contributed by atoms with E-state index in [0.29, 0.717) is 12.3 Å². The Bertz CT molecular complexity index is 533. The highest BCUT2D eigenvalue weighted by Gasteiger charge is 2.27. The van der Waals surface area contributed by atoms with Crippen LogP contribution < -0.4 is 10.6 Å². The van der Waals surface area contributed by atoms with Crippen LogP contribution in [0.5, 0.6) is 0 Å². The second-order valence-corrected chi connectivity index (χ2v) is 4.04. The van der Waals surface area contributed by atoms with Gasteiger partial charge in [-0.3, -0.25) is 10.1 Å².